The molecule has 0 spiro atoms. The van der Waals surface area contributed by atoms with E-state index in [9.17, 15) is 4.79 Å². The monoisotopic (exact) mass is 310 g/mol. The number of benzene rings is 1. The van der Waals surface area contributed by atoms with Crippen LogP contribution in [-0.2, 0) is 17.6 Å². The number of hydrogen-bond acceptors (Lipinski definition) is 4. The van der Waals surface area contributed by atoms with Crippen molar-refractivity contribution in [1.29, 1.82) is 0 Å². The molecular weight excluding hydrogens is 296 g/mol. The predicted molar refractivity (Wildman–Crippen MR) is 86.2 cm³/mol. The van der Waals surface area contributed by atoms with Crippen LogP contribution in [0.2, 0.25) is 0 Å². The molecule has 2 heterocycles. The Morgan fingerprint density at radius 1 is 1.36 bits per heavy atom. The largest absolute Gasteiger partial charge is 0.297 e. The number of thiazole rings is 1. The minimum atomic E-state index is -0.136. The third-order valence-electron chi connectivity index (χ3n) is 3.76. The minimum absolute atomic E-state index is 0.136. The van der Waals surface area contributed by atoms with E-state index < -0.39 is 0 Å². The van der Waals surface area contributed by atoms with Crippen LogP contribution in [0.15, 0.2) is 47.1 Å². The van der Waals surface area contributed by atoms with Crippen LogP contribution >= 0.6 is 11.3 Å². The average molecular weight is 310 g/mol. The summed E-state index contributed by atoms with van der Waals surface area (Å²) in [6.07, 6.45) is 5.92. The molecule has 22 heavy (non-hydrogen) atoms. The molecule has 0 atom stereocenters. The first-order valence-corrected chi connectivity index (χ1v) is 8.02. The summed E-state index contributed by atoms with van der Waals surface area (Å²) in [5.74, 6) is -0.136. The summed E-state index contributed by atoms with van der Waals surface area (Å²) >= 11 is 1.55. The maximum absolute atomic E-state index is 12.0. The lowest BCUT2D eigenvalue weighted by molar-refractivity contribution is -0.120. The van der Waals surface area contributed by atoms with Crippen LogP contribution in [0.25, 0.3) is 4.96 Å². The lowest BCUT2D eigenvalue weighted by Crippen LogP contribution is -2.21. The van der Waals surface area contributed by atoms with Gasteiger partial charge >= 0.3 is 0 Å². The third kappa shape index (κ3) is 2.42. The Labute approximate surface area is 131 Å². The molecular formula is C16H14N4OS. The number of rotatable bonds is 3. The topological polar surface area (TPSA) is 58.8 Å². The van der Waals surface area contributed by atoms with Crippen molar-refractivity contribution in [2.45, 2.75) is 19.3 Å². The van der Waals surface area contributed by atoms with Crippen LogP contribution in [0.5, 0.6) is 0 Å². The number of carbonyl (C=O) groups excluding carboxylic acids is 1. The van der Waals surface area contributed by atoms with E-state index in [1.807, 2.05) is 34.3 Å². The molecule has 0 fully saturated rings. The minimum Gasteiger partial charge on any atom is -0.297 e. The zero-order valence-electron chi connectivity index (χ0n) is 11.8. The summed E-state index contributed by atoms with van der Waals surface area (Å²) in [6.45, 7) is 0. The van der Waals surface area contributed by atoms with Crippen LogP contribution in [0.4, 0.5) is 0 Å². The van der Waals surface area contributed by atoms with Crippen molar-refractivity contribution in [1.82, 2.24) is 14.8 Å². The first-order valence-electron chi connectivity index (χ1n) is 7.14. The van der Waals surface area contributed by atoms with Crippen LogP contribution in [-0.4, -0.2) is 21.0 Å². The fourth-order valence-electron chi connectivity index (χ4n) is 2.72. The summed E-state index contributed by atoms with van der Waals surface area (Å²) < 4.78 is 1.92. The number of imidazole rings is 1. The van der Waals surface area contributed by atoms with Gasteiger partial charge in [-0.1, -0.05) is 24.3 Å². The molecule has 2 aromatic heterocycles. The van der Waals surface area contributed by atoms with E-state index in [1.54, 1.807) is 11.3 Å². The Morgan fingerprint density at radius 2 is 2.27 bits per heavy atom. The van der Waals surface area contributed by atoms with Gasteiger partial charge in [-0.25, -0.2) is 10.4 Å². The Morgan fingerprint density at radius 3 is 3.18 bits per heavy atom. The molecule has 0 saturated carbocycles. The number of nitrogens with one attached hydrogen (secondary N) is 1. The standard InChI is InChI=1S/C16H14N4OS/c21-15(9-12-10-20-7-8-22-16(20)17-12)19-18-14-6-5-11-3-1-2-4-13(11)14/h1-4,7-8,10H,5-6,9H2,(H,19,21)/b18-14+. The van der Waals surface area contributed by atoms with Gasteiger partial charge in [0.2, 0.25) is 5.91 Å². The smallest absolute Gasteiger partial charge is 0.246 e. The second-order valence-electron chi connectivity index (χ2n) is 5.25. The molecule has 0 unspecified atom stereocenters. The first kappa shape index (κ1) is 13.2. The van der Waals surface area contributed by atoms with Crippen LogP contribution in [0.1, 0.15) is 23.2 Å². The Balaban J connectivity index is 1.44. The molecule has 4 rings (SSSR count). The van der Waals surface area contributed by atoms with Gasteiger partial charge in [0, 0.05) is 23.3 Å². The molecule has 1 aliphatic rings. The second kappa shape index (κ2) is 5.38. The van der Waals surface area contributed by atoms with Gasteiger partial charge in [-0.05, 0) is 18.4 Å². The Bertz CT molecular complexity index is 849. The molecule has 1 N–H and O–H groups in total. The van der Waals surface area contributed by atoms with Crippen molar-refractivity contribution < 1.29 is 4.79 Å². The SMILES string of the molecule is O=C(Cc1cn2ccsc2n1)N/N=C1\CCc2ccccc21. The van der Waals surface area contributed by atoms with Crippen molar-refractivity contribution in [2.75, 3.05) is 0 Å². The molecule has 1 aromatic carbocycles. The average Bonchev–Trinajstić information content (AvgIpc) is 3.19. The van der Waals surface area contributed by atoms with E-state index in [0.29, 0.717) is 0 Å². The molecule has 0 aliphatic heterocycles. The van der Waals surface area contributed by atoms with Gasteiger partial charge in [0.05, 0.1) is 17.8 Å². The summed E-state index contributed by atoms with van der Waals surface area (Å²) in [5, 5.41) is 6.26. The predicted octanol–water partition coefficient (Wildman–Crippen LogP) is 2.41. The number of hydrogen-bond donors (Lipinski definition) is 1. The molecule has 1 aliphatic carbocycles. The number of aromatic nitrogens is 2. The van der Waals surface area contributed by atoms with Crippen molar-refractivity contribution in [2.24, 2.45) is 5.10 Å². The Kier molecular flexibility index (Phi) is 3.23. The highest BCUT2D eigenvalue weighted by molar-refractivity contribution is 7.15. The molecule has 1 amide bonds. The molecule has 0 bridgehead atoms. The number of hydrazone groups is 1. The number of fused-ring (bicyclic) bond motifs is 2. The Hall–Kier alpha value is -2.47. The van der Waals surface area contributed by atoms with Crippen molar-refractivity contribution in [3.05, 3.63) is 58.9 Å². The molecule has 6 heteroatoms. The highest BCUT2D eigenvalue weighted by Gasteiger charge is 2.17. The van der Waals surface area contributed by atoms with Gasteiger partial charge in [-0.3, -0.25) is 9.20 Å². The maximum Gasteiger partial charge on any atom is 0.246 e. The van der Waals surface area contributed by atoms with Crippen molar-refractivity contribution >= 4 is 27.9 Å². The third-order valence-corrected chi connectivity index (χ3v) is 4.53. The van der Waals surface area contributed by atoms with Gasteiger partial charge in [-0.2, -0.15) is 5.10 Å². The van der Waals surface area contributed by atoms with Gasteiger partial charge in [-0.15, -0.1) is 11.3 Å². The summed E-state index contributed by atoms with van der Waals surface area (Å²) in [6, 6.07) is 8.19. The number of aryl methyl sites for hydroxylation is 1. The van der Waals surface area contributed by atoms with Gasteiger partial charge < -0.3 is 0 Å². The number of carbonyl (C=O) groups is 1. The summed E-state index contributed by atoms with van der Waals surface area (Å²) in [4.78, 5) is 17.3. The normalized spacial score (nSPS) is 15.4. The first-order chi connectivity index (χ1) is 10.8. The highest BCUT2D eigenvalue weighted by Crippen LogP contribution is 2.21. The van der Waals surface area contributed by atoms with Crippen LogP contribution in [0, 0.1) is 0 Å². The lowest BCUT2D eigenvalue weighted by atomic mass is 10.1. The van der Waals surface area contributed by atoms with Gasteiger partial charge in [0.25, 0.3) is 0 Å². The zero-order valence-corrected chi connectivity index (χ0v) is 12.6. The van der Waals surface area contributed by atoms with Crippen molar-refractivity contribution in [3.8, 4) is 0 Å². The second-order valence-corrected chi connectivity index (χ2v) is 6.13. The van der Waals surface area contributed by atoms with Crippen LogP contribution in [0.3, 0.4) is 0 Å². The maximum atomic E-state index is 12.0. The van der Waals surface area contributed by atoms with E-state index in [4.69, 9.17) is 0 Å². The molecule has 110 valence electrons. The quantitative estimate of drug-likeness (QED) is 0.755. The fourth-order valence-corrected chi connectivity index (χ4v) is 3.44. The lowest BCUT2D eigenvalue weighted by Gasteiger charge is -2.01. The van der Waals surface area contributed by atoms with E-state index >= 15 is 0 Å². The highest BCUT2D eigenvalue weighted by atomic mass is 32.1. The summed E-state index contributed by atoms with van der Waals surface area (Å²) in [5.41, 5.74) is 6.81. The molecule has 0 radical (unpaired) electrons. The molecule has 0 saturated heterocycles. The number of amides is 1. The van der Waals surface area contributed by atoms with Crippen LogP contribution < -0.4 is 5.43 Å². The number of nitrogens with zero attached hydrogens (tertiary/aromatic N) is 3. The summed E-state index contributed by atoms with van der Waals surface area (Å²) in [7, 11) is 0. The van der Waals surface area contributed by atoms with Gasteiger partial charge in [0.1, 0.15) is 0 Å². The van der Waals surface area contributed by atoms with E-state index in [-0.39, 0.29) is 12.3 Å². The van der Waals surface area contributed by atoms with E-state index in [2.05, 4.69) is 27.6 Å². The van der Waals surface area contributed by atoms with Crippen molar-refractivity contribution in [3.63, 3.8) is 0 Å². The van der Waals surface area contributed by atoms with E-state index in [1.165, 1.54) is 5.56 Å². The fraction of sp³-hybridized carbons (Fsp3) is 0.188. The van der Waals surface area contributed by atoms with E-state index in [0.717, 1.165) is 34.8 Å². The zero-order chi connectivity index (χ0) is 14.9. The molecule has 5 nitrogen and oxygen atoms in total. The molecule has 3 aromatic rings. The van der Waals surface area contributed by atoms with Gasteiger partial charge in [0.15, 0.2) is 4.96 Å².